The Kier molecular flexibility index (Phi) is 5.96. The first-order chi connectivity index (χ1) is 8.54. The molecule has 0 aromatic heterocycles. The average molecular weight is 331 g/mol. The second-order valence-electron chi connectivity index (χ2n) is 3.69. The van der Waals surface area contributed by atoms with E-state index in [0.29, 0.717) is 18.0 Å². The van der Waals surface area contributed by atoms with E-state index in [4.69, 9.17) is 16.9 Å². The molecule has 6 heteroatoms. The van der Waals surface area contributed by atoms with Crippen molar-refractivity contribution in [3.8, 4) is 6.07 Å². The van der Waals surface area contributed by atoms with E-state index in [1.165, 1.54) is 0 Å². The summed E-state index contributed by atoms with van der Waals surface area (Å²) in [5, 5.41) is 14.6. The van der Waals surface area contributed by atoms with Gasteiger partial charge in [-0.05, 0) is 40.5 Å². The van der Waals surface area contributed by atoms with Crippen molar-refractivity contribution in [1.29, 1.82) is 5.26 Å². The van der Waals surface area contributed by atoms with Gasteiger partial charge in [-0.2, -0.15) is 5.26 Å². The Balaban J connectivity index is 2.51. The maximum absolute atomic E-state index is 11.4. The van der Waals surface area contributed by atoms with Gasteiger partial charge in [-0.3, -0.25) is 4.79 Å². The van der Waals surface area contributed by atoms with Crippen LogP contribution in [0.2, 0.25) is 5.02 Å². The number of halogens is 2. The van der Waals surface area contributed by atoms with Crippen molar-refractivity contribution < 1.29 is 4.79 Å². The molecule has 0 aliphatic carbocycles. The summed E-state index contributed by atoms with van der Waals surface area (Å²) in [7, 11) is 0. The minimum Gasteiger partial charge on any atom is -0.375 e. The highest BCUT2D eigenvalue weighted by molar-refractivity contribution is 9.10. The van der Waals surface area contributed by atoms with Crippen LogP contribution in [0.3, 0.4) is 0 Å². The van der Waals surface area contributed by atoms with Gasteiger partial charge < -0.3 is 10.6 Å². The van der Waals surface area contributed by atoms with Crippen molar-refractivity contribution >= 4 is 39.1 Å². The topological polar surface area (TPSA) is 64.9 Å². The Hall–Kier alpha value is -1.25. The molecule has 2 N–H and O–H groups in total. The molecule has 0 atom stereocenters. The first-order valence-corrected chi connectivity index (χ1v) is 6.55. The van der Waals surface area contributed by atoms with Gasteiger partial charge >= 0.3 is 0 Å². The number of rotatable bonds is 5. The third kappa shape index (κ3) is 4.55. The number of carbonyl (C=O) groups excluding carboxylic acids is 1. The van der Waals surface area contributed by atoms with Gasteiger partial charge in [0.25, 0.3) is 0 Å². The number of hydrogen-bond donors (Lipinski definition) is 2. The van der Waals surface area contributed by atoms with Crippen molar-refractivity contribution in [1.82, 2.24) is 5.32 Å². The van der Waals surface area contributed by atoms with E-state index in [1.807, 2.05) is 19.1 Å². The van der Waals surface area contributed by atoms with Crippen molar-refractivity contribution in [2.45, 2.75) is 13.3 Å². The minimum absolute atomic E-state index is 0.142. The quantitative estimate of drug-likeness (QED) is 0.816. The Morgan fingerprint density at radius 2 is 2.28 bits per heavy atom. The zero-order valence-corrected chi connectivity index (χ0v) is 12.2. The van der Waals surface area contributed by atoms with Gasteiger partial charge in [-0.25, -0.2) is 0 Å². The second kappa shape index (κ2) is 7.24. The highest BCUT2D eigenvalue weighted by Crippen LogP contribution is 2.28. The van der Waals surface area contributed by atoms with Crippen molar-refractivity contribution in [2.75, 3.05) is 18.4 Å². The summed E-state index contributed by atoms with van der Waals surface area (Å²) in [5.74, 6) is -0.158. The fraction of sp³-hybridized carbons (Fsp3) is 0.333. The minimum atomic E-state index is -0.158. The van der Waals surface area contributed by atoms with Crippen LogP contribution in [0.1, 0.15) is 12.0 Å². The Labute approximate surface area is 119 Å². The average Bonchev–Trinajstić information content (AvgIpc) is 2.32. The van der Waals surface area contributed by atoms with Crippen LogP contribution in [0.25, 0.3) is 0 Å². The van der Waals surface area contributed by atoms with E-state index in [2.05, 4.69) is 26.6 Å². The highest BCUT2D eigenvalue weighted by atomic mass is 79.9. The molecule has 0 heterocycles. The smallest absolute Gasteiger partial charge is 0.239 e. The van der Waals surface area contributed by atoms with E-state index < -0.39 is 0 Å². The summed E-state index contributed by atoms with van der Waals surface area (Å²) in [4.78, 5) is 11.4. The van der Waals surface area contributed by atoms with Gasteiger partial charge in [0.15, 0.2) is 0 Å². The summed E-state index contributed by atoms with van der Waals surface area (Å²) >= 11 is 9.41. The fourth-order valence-electron chi connectivity index (χ4n) is 1.28. The van der Waals surface area contributed by atoms with Gasteiger partial charge in [0.1, 0.15) is 0 Å². The van der Waals surface area contributed by atoms with E-state index in [9.17, 15) is 4.79 Å². The molecule has 96 valence electrons. The monoisotopic (exact) mass is 329 g/mol. The number of carbonyl (C=O) groups is 1. The molecule has 1 aromatic carbocycles. The van der Waals surface area contributed by atoms with E-state index in [-0.39, 0.29) is 12.5 Å². The Morgan fingerprint density at radius 1 is 1.56 bits per heavy atom. The molecule has 1 amide bonds. The number of hydrogen-bond acceptors (Lipinski definition) is 3. The molecule has 0 radical (unpaired) electrons. The molecular formula is C12H13BrClN3O. The lowest BCUT2D eigenvalue weighted by molar-refractivity contribution is -0.119. The predicted molar refractivity (Wildman–Crippen MR) is 75.6 cm³/mol. The lowest BCUT2D eigenvalue weighted by Gasteiger charge is -2.10. The van der Waals surface area contributed by atoms with Crippen LogP contribution in [-0.2, 0) is 4.79 Å². The van der Waals surface area contributed by atoms with E-state index >= 15 is 0 Å². The first-order valence-electron chi connectivity index (χ1n) is 5.37. The Morgan fingerprint density at radius 3 is 2.94 bits per heavy atom. The number of anilines is 1. The standard InChI is InChI=1S/C12H13BrClN3O/c1-8-5-9(13)11(6-10(8)14)17-7-12(18)16-4-2-3-15/h5-6,17H,2,4,7H2,1H3,(H,16,18). The number of amides is 1. The van der Waals surface area contributed by atoms with Gasteiger partial charge in [-0.15, -0.1) is 0 Å². The highest BCUT2D eigenvalue weighted by Gasteiger charge is 2.06. The SMILES string of the molecule is Cc1cc(Br)c(NCC(=O)NCCC#N)cc1Cl. The lowest BCUT2D eigenvalue weighted by atomic mass is 10.2. The van der Waals surface area contributed by atoms with Gasteiger partial charge in [0, 0.05) is 16.0 Å². The summed E-state index contributed by atoms with van der Waals surface area (Å²) in [6, 6.07) is 5.61. The van der Waals surface area contributed by atoms with E-state index in [1.54, 1.807) is 6.07 Å². The number of aryl methyl sites for hydroxylation is 1. The number of nitrogens with one attached hydrogen (secondary N) is 2. The van der Waals surface area contributed by atoms with Gasteiger partial charge in [-0.1, -0.05) is 11.6 Å². The predicted octanol–water partition coefficient (Wildman–Crippen LogP) is 2.85. The molecule has 0 aliphatic heterocycles. The maximum atomic E-state index is 11.4. The fourth-order valence-corrected chi connectivity index (χ4v) is 2.04. The van der Waals surface area contributed by atoms with Crippen LogP contribution in [0, 0.1) is 18.3 Å². The molecule has 1 rings (SSSR count). The van der Waals surface area contributed by atoms with Crippen LogP contribution in [0.4, 0.5) is 5.69 Å². The molecule has 0 saturated heterocycles. The zero-order chi connectivity index (χ0) is 13.5. The van der Waals surface area contributed by atoms with Crippen LogP contribution in [-0.4, -0.2) is 19.0 Å². The lowest BCUT2D eigenvalue weighted by Crippen LogP contribution is -2.30. The molecule has 0 aliphatic rings. The molecule has 18 heavy (non-hydrogen) atoms. The molecule has 1 aromatic rings. The van der Waals surface area contributed by atoms with Gasteiger partial charge in [0.2, 0.25) is 5.91 Å². The zero-order valence-electron chi connectivity index (χ0n) is 9.89. The van der Waals surface area contributed by atoms with Crippen LogP contribution < -0.4 is 10.6 Å². The number of nitrogens with zero attached hydrogens (tertiary/aromatic N) is 1. The molecule has 0 fully saturated rings. The van der Waals surface area contributed by atoms with Crippen LogP contribution >= 0.6 is 27.5 Å². The Bertz CT molecular complexity index is 485. The molecule has 0 spiro atoms. The summed E-state index contributed by atoms with van der Waals surface area (Å²) < 4.78 is 0.856. The largest absolute Gasteiger partial charge is 0.375 e. The first kappa shape index (κ1) is 14.8. The summed E-state index contributed by atoms with van der Waals surface area (Å²) in [6.45, 7) is 2.42. The molecule has 0 unspecified atom stereocenters. The summed E-state index contributed by atoms with van der Waals surface area (Å²) in [5.41, 5.74) is 1.73. The molecule has 0 bridgehead atoms. The third-order valence-electron chi connectivity index (χ3n) is 2.25. The van der Waals surface area contributed by atoms with Crippen LogP contribution in [0.15, 0.2) is 16.6 Å². The summed E-state index contributed by atoms with van der Waals surface area (Å²) in [6.07, 6.45) is 0.311. The van der Waals surface area contributed by atoms with Crippen molar-refractivity contribution in [2.24, 2.45) is 0 Å². The maximum Gasteiger partial charge on any atom is 0.239 e. The second-order valence-corrected chi connectivity index (χ2v) is 4.95. The normalized spacial score (nSPS) is 9.67. The number of benzene rings is 1. The van der Waals surface area contributed by atoms with Crippen LogP contribution in [0.5, 0.6) is 0 Å². The van der Waals surface area contributed by atoms with E-state index in [0.717, 1.165) is 15.7 Å². The van der Waals surface area contributed by atoms with Crippen molar-refractivity contribution in [3.05, 3.63) is 27.2 Å². The third-order valence-corrected chi connectivity index (χ3v) is 3.31. The molecule has 4 nitrogen and oxygen atoms in total. The molecule has 0 saturated carbocycles. The molecular weight excluding hydrogens is 318 g/mol. The van der Waals surface area contributed by atoms with Gasteiger partial charge in [0.05, 0.1) is 24.7 Å². The van der Waals surface area contributed by atoms with Crippen molar-refractivity contribution in [3.63, 3.8) is 0 Å². The number of nitriles is 1.